The molecule has 8 nitrogen and oxygen atoms in total. The summed E-state index contributed by atoms with van der Waals surface area (Å²) in [6, 6.07) is 4.68. The number of carbonyl (C=O) groups excluding carboxylic acids is 2. The molecule has 2 fully saturated rings. The number of aliphatic hydroxyl groups is 1. The van der Waals surface area contributed by atoms with Gasteiger partial charge in [-0.05, 0) is 25.0 Å². The molecule has 134 valence electrons. The maximum Gasteiger partial charge on any atom is 0.325 e. The molecule has 1 aromatic carbocycles. The maximum absolute atomic E-state index is 12.5. The minimum atomic E-state index is -0.975. The summed E-state index contributed by atoms with van der Waals surface area (Å²) in [4.78, 5) is 25.7. The first kappa shape index (κ1) is 16.0. The molecule has 8 heteroatoms. The van der Waals surface area contributed by atoms with Gasteiger partial charge in [0.15, 0.2) is 11.5 Å². The van der Waals surface area contributed by atoms with Gasteiger partial charge in [-0.3, -0.25) is 9.69 Å². The van der Waals surface area contributed by atoms with Gasteiger partial charge in [-0.15, -0.1) is 0 Å². The lowest BCUT2D eigenvalue weighted by Crippen LogP contribution is -2.45. The number of rotatable bonds is 5. The second-order valence-electron chi connectivity index (χ2n) is 6.62. The number of hydrogen-bond donors (Lipinski definition) is 2. The van der Waals surface area contributed by atoms with Crippen LogP contribution in [0.2, 0.25) is 0 Å². The van der Waals surface area contributed by atoms with Gasteiger partial charge in [0.25, 0.3) is 5.91 Å². The fraction of sp³-hybridized carbons (Fsp3) is 0.529. The molecule has 0 aromatic heterocycles. The number of hydrogen-bond acceptors (Lipinski definition) is 6. The van der Waals surface area contributed by atoms with Gasteiger partial charge in [-0.2, -0.15) is 0 Å². The van der Waals surface area contributed by atoms with Crippen LogP contribution in [0.4, 0.5) is 4.79 Å². The Balaban J connectivity index is 1.34. The van der Waals surface area contributed by atoms with Gasteiger partial charge in [-0.1, -0.05) is 12.8 Å². The molecule has 0 unspecified atom stereocenters. The summed E-state index contributed by atoms with van der Waals surface area (Å²) in [7, 11) is 0. The van der Waals surface area contributed by atoms with E-state index in [1.165, 1.54) is 0 Å². The van der Waals surface area contributed by atoms with Gasteiger partial charge in [0, 0.05) is 6.07 Å². The van der Waals surface area contributed by atoms with E-state index in [2.05, 4.69) is 5.32 Å². The second kappa shape index (κ2) is 6.11. The molecule has 1 saturated carbocycles. The molecular formula is C17H20N2O6. The summed E-state index contributed by atoms with van der Waals surface area (Å²) in [5.74, 6) is 1.52. The summed E-state index contributed by atoms with van der Waals surface area (Å²) in [5, 5.41) is 13.0. The van der Waals surface area contributed by atoms with Gasteiger partial charge in [0.2, 0.25) is 6.79 Å². The van der Waals surface area contributed by atoms with Crippen LogP contribution in [0.25, 0.3) is 0 Å². The quantitative estimate of drug-likeness (QED) is 0.771. The molecule has 0 radical (unpaired) electrons. The van der Waals surface area contributed by atoms with E-state index in [1.54, 1.807) is 18.2 Å². The second-order valence-corrected chi connectivity index (χ2v) is 6.62. The summed E-state index contributed by atoms with van der Waals surface area (Å²) in [6.45, 7) is 0.0516. The molecule has 1 atom stereocenters. The van der Waals surface area contributed by atoms with Crippen molar-refractivity contribution in [1.29, 1.82) is 0 Å². The number of carbonyl (C=O) groups is 2. The van der Waals surface area contributed by atoms with Crippen molar-refractivity contribution in [3.05, 3.63) is 18.2 Å². The number of nitrogens with one attached hydrogen (secondary N) is 1. The molecule has 25 heavy (non-hydrogen) atoms. The van der Waals surface area contributed by atoms with Crippen LogP contribution < -0.4 is 19.5 Å². The standard InChI is InChI=1S/C17H20N2O6/c20-11(9-23-12-3-4-13-14(7-12)25-10-24-13)8-19-15(21)17(18-16(19)22)5-1-2-6-17/h3-4,7,11,20H,1-2,5-6,8-10H2,(H,18,22)/t11-/m0/s1. The number of urea groups is 1. The molecule has 2 heterocycles. The van der Waals surface area contributed by atoms with E-state index < -0.39 is 17.7 Å². The number of imide groups is 1. The average molecular weight is 348 g/mol. The summed E-state index contributed by atoms with van der Waals surface area (Å²) in [5.41, 5.74) is -0.755. The lowest BCUT2D eigenvalue weighted by molar-refractivity contribution is -0.132. The predicted molar refractivity (Wildman–Crippen MR) is 85.5 cm³/mol. The Morgan fingerprint density at radius 3 is 2.80 bits per heavy atom. The minimum absolute atomic E-state index is 0.0380. The van der Waals surface area contributed by atoms with E-state index in [0.29, 0.717) is 30.1 Å². The largest absolute Gasteiger partial charge is 0.491 e. The van der Waals surface area contributed by atoms with Crippen LogP contribution in [0.3, 0.4) is 0 Å². The number of β-amino-alcohol motifs (C(OH)–C–C–N with tert-alkyl or cyclic N) is 1. The summed E-state index contributed by atoms with van der Waals surface area (Å²) >= 11 is 0. The third kappa shape index (κ3) is 2.86. The number of ether oxygens (including phenoxy) is 3. The number of fused-ring (bicyclic) bond motifs is 1. The number of nitrogens with zero attached hydrogens (tertiary/aromatic N) is 1. The van der Waals surface area contributed by atoms with Crippen molar-refractivity contribution in [2.45, 2.75) is 37.3 Å². The topological polar surface area (TPSA) is 97.3 Å². The van der Waals surface area contributed by atoms with Gasteiger partial charge >= 0.3 is 6.03 Å². The molecule has 3 amide bonds. The molecule has 2 aliphatic heterocycles. The van der Waals surface area contributed by atoms with E-state index >= 15 is 0 Å². The summed E-state index contributed by atoms with van der Waals surface area (Å²) < 4.78 is 16.0. The Morgan fingerprint density at radius 2 is 2.00 bits per heavy atom. The van der Waals surface area contributed by atoms with Crippen LogP contribution in [0.1, 0.15) is 25.7 Å². The zero-order valence-corrected chi connectivity index (χ0v) is 13.7. The first-order chi connectivity index (χ1) is 12.1. The molecule has 0 bridgehead atoms. The van der Waals surface area contributed by atoms with Crippen molar-refractivity contribution in [2.24, 2.45) is 0 Å². The number of benzene rings is 1. The lowest BCUT2D eigenvalue weighted by Gasteiger charge is -2.21. The van der Waals surface area contributed by atoms with E-state index in [-0.39, 0.29) is 25.9 Å². The molecule has 1 aliphatic carbocycles. The SMILES string of the molecule is O=C1NC2(CCCC2)C(=O)N1C[C@H](O)COc1ccc2c(c1)OCO2. The Kier molecular flexibility index (Phi) is 3.91. The third-order valence-corrected chi connectivity index (χ3v) is 4.88. The normalized spacial score (nSPS) is 21.7. The van der Waals surface area contributed by atoms with Crippen molar-refractivity contribution in [2.75, 3.05) is 19.9 Å². The first-order valence-corrected chi connectivity index (χ1v) is 8.42. The molecule has 1 spiro atoms. The van der Waals surface area contributed by atoms with E-state index in [4.69, 9.17) is 14.2 Å². The Hall–Kier alpha value is -2.48. The van der Waals surface area contributed by atoms with Crippen molar-refractivity contribution in [1.82, 2.24) is 10.2 Å². The van der Waals surface area contributed by atoms with Gasteiger partial charge in [0.1, 0.15) is 24.0 Å². The summed E-state index contributed by atoms with van der Waals surface area (Å²) in [6.07, 6.45) is 2.21. The van der Waals surface area contributed by atoms with Crippen LogP contribution >= 0.6 is 0 Å². The highest BCUT2D eigenvalue weighted by atomic mass is 16.7. The molecular weight excluding hydrogens is 328 g/mol. The monoisotopic (exact) mass is 348 g/mol. The van der Waals surface area contributed by atoms with Gasteiger partial charge in [0.05, 0.1) is 6.54 Å². The van der Waals surface area contributed by atoms with Gasteiger partial charge < -0.3 is 24.6 Å². The average Bonchev–Trinajstić information content (AvgIpc) is 3.30. The molecule has 3 aliphatic rings. The van der Waals surface area contributed by atoms with Crippen molar-refractivity contribution in [3.63, 3.8) is 0 Å². The Morgan fingerprint density at radius 1 is 1.24 bits per heavy atom. The van der Waals surface area contributed by atoms with Crippen LogP contribution in [0, 0.1) is 0 Å². The van der Waals surface area contributed by atoms with Crippen LogP contribution in [-0.4, -0.2) is 53.5 Å². The van der Waals surface area contributed by atoms with E-state index in [1.807, 2.05) is 0 Å². The molecule has 1 aromatic rings. The molecule has 1 saturated heterocycles. The zero-order valence-electron chi connectivity index (χ0n) is 13.7. The smallest absolute Gasteiger partial charge is 0.325 e. The molecule has 2 N–H and O–H groups in total. The fourth-order valence-corrected chi connectivity index (χ4v) is 3.58. The fourth-order valence-electron chi connectivity index (χ4n) is 3.58. The first-order valence-electron chi connectivity index (χ1n) is 8.42. The van der Waals surface area contributed by atoms with E-state index in [0.717, 1.165) is 17.7 Å². The van der Waals surface area contributed by atoms with Crippen molar-refractivity contribution >= 4 is 11.9 Å². The highest BCUT2D eigenvalue weighted by molar-refractivity contribution is 6.07. The Bertz CT molecular complexity index is 700. The third-order valence-electron chi connectivity index (χ3n) is 4.88. The van der Waals surface area contributed by atoms with Gasteiger partial charge in [-0.25, -0.2) is 4.79 Å². The highest BCUT2D eigenvalue weighted by Gasteiger charge is 2.52. The van der Waals surface area contributed by atoms with Crippen LogP contribution in [0.15, 0.2) is 18.2 Å². The van der Waals surface area contributed by atoms with Crippen molar-refractivity contribution < 1.29 is 28.9 Å². The zero-order chi connectivity index (χ0) is 17.4. The highest BCUT2D eigenvalue weighted by Crippen LogP contribution is 2.36. The Labute approximate surface area is 144 Å². The predicted octanol–water partition coefficient (Wildman–Crippen LogP) is 1.02. The minimum Gasteiger partial charge on any atom is -0.491 e. The number of amides is 3. The van der Waals surface area contributed by atoms with Crippen LogP contribution in [0.5, 0.6) is 17.2 Å². The lowest BCUT2D eigenvalue weighted by atomic mass is 9.98. The number of aliphatic hydroxyl groups excluding tert-OH is 1. The maximum atomic E-state index is 12.5. The molecule has 4 rings (SSSR count). The van der Waals surface area contributed by atoms with Crippen molar-refractivity contribution in [3.8, 4) is 17.2 Å². The van der Waals surface area contributed by atoms with Crippen LogP contribution in [-0.2, 0) is 4.79 Å². The van der Waals surface area contributed by atoms with E-state index in [9.17, 15) is 14.7 Å².